The Hall–Kier alpha value is 4.08. The minimum atomic E-state index is -1.50. The Morgan fingerprint density at radius 2 is 0.455 bits per heavy atom. The fraction of sp³-hybridized carbons (Fsp3) is 0.410. The van der Waals surface area contributed by atoms with E-state index in [4.69, 9.17) is 113 Å². The second-order valence-corrected chi connectivity index (χ2v) is 16.4. The molecule has 0 aromatic carbocycles. The number of nitrogens with zero attached hydrogens (tertiary/aromatic N) is 14. The molecule has 0 bridgehead atoms. The zero-order valence-electron chi connectivity index (χ0n) is 50.8. The number of carbonyl (C=O) groups is 14. The summed E-state index contributed by atoms with van der Waals surface area (Å²) in [4.78, 5) is 186. The number of halogens is 4. The van der Waals surface area contributed by atoms with Crippen molar-refractivity contribution in [2.24, 2.45) is 0 Å². The first kappa shape index (κ1) is 138. The second kappa shape index (κ2) is 80.1. The molecule has 13 radical (unpaired) electrons. The van der Waals surface area contributed by atoms with Crippen molar-refractivity contribution in [1.29, 1.82) is 0 Å². The summed E-state index contributed by atoms with van der Waals surface area (Å²) in [6, 6.07) is 0. The number of hydrogen-bond acceptors (Lipinski definition) is 30. The van der Waals surface area contributed by atoms with Gasteiger partial charge in [-0.1, -0.05) is 0 Å². The van der Waals surface area contributed by atoms with Crippen molar-refractivity contribution < 1.29 is 563 Å². The first-order valence-corrected chi connectivity index (χ1v) is 23.6. The van der Waals surface area contributed by atoms with E-state index in [-0.39, 0.29) is 473 Å². The molecular formula is C39H47Cl4N15O28Y13. The molecule has 0 unspecified atom stereocenters. The summed E-state index contributed by atoms with van der Waals surface area (Å²) in [6.45, 7) is -9.23. The minimum Gasteiger partial charge on any atom is -0.481 e. The number of methoxy groups -OCH3 is 1. The normalized spacial score (nSPS) is 8.54. The van der Waals surface area contributed by atoms with Crippen molar-refractivity contribution in [2.75, 3.05) is 110 Å². The number of nitrogens with one attached hydrogen (secondary N) is 1. The quantitative estimate of drug-likeness (QED) is 0.0260. The van der Waals surface area contributed by atoms with Gasteiger partial charge in [0.2, 0.25) is 50.9 Å². The van der Waals surface area contributed by atoms with Crippen molar-refractivity contribution in [3.8, 4) is 0 Å². The fourth-order valence-electron chi connectivity index (χ4n) is 5.03. The van der Waals surface area contributed by atoms with Crippen LogP contribution in [0.3, 0.4) is 0 Å². The maximum atomic E-state index is 11.7. The summed E-state index contributed by atoms with van der Waals surface area (Å²) in [5, 5.41) is 115. The zero-order valence-corrected chi connectivity index (χ0v) is 90.7. The summed E-state index contributed by atoms with van der Waals surface area (Å²) in [5.41, 5.74) is 0. The van der Waals surface area contributed by atoms with Crippen LogP contribution < -0.4 is 29.8 Å². The Bertz CT molecular complexity index is 2690. The van der Waals surface area contributed by atoms with Gasteiger partial charge in [0.1, 0.15) is 65.4 Å². The second-order valence-electron chi connectivity index (χ2n) is 15.0. The number of hydrogen-bond donors (Lipinski definition) is 14. The number of aliphatic carboxylic acids is 13. The van der Waals surface area contributed by atoms with Crippen LogP contribution in [0.2, 0.25) is 21.1 Å². The van der Waals surface area contributed by atoms with Crippen LogP contribution in [0.15, 0.2) is 0 Å². The topological polar surface area (TPSA) is 655 Å². The van der Waals surface area contributed by atoms with E-state index in [2.05, 4.69) is 54.9 Å². The average molecular weight is 2470 g/mol. The number of esters is 1. The van der Waals surface area contributed by atoms with Crippen molar-refractivity contribution in [1.82, 2.24) is 50.2 Å². The van der Waals surface area contributed by atoms with Gasteiger partial charge in [0.15, 0.2) is 0 Å². The molecule has 3 aromatic rings. The van der Waals surface area contributed by atoms with Crippen molar-refractivity contribution >= 4 is 160 Å². The average Bonchev–Trinajstić information content (AvgIpc) is 3.33. The van der Waals surface area contributed by atoms with E-state index in [0.717, 1.165) is 21.8 Å². The smallest absolute Gasteiger partial charge is 0.325 e. The van der Waals surface area contributed by atoms with Gasteiger partial charge < -0.3 is 95.6 Å². The molecule has 3 rings (SSSR count). The minimum absolute atomic E-state index is 0. The van der Waals surface area contributed by atoms with Gasteiger partial charge in [-0.2, -0.15) is 44.9 Å². The maximum absolute atomic E-state index is 11.7. The molecule has 0 saturated carbocycles. The van der Waals surface area contributed by atoms with Crippen molar-refractivity contribution in [3.63, 3.8) is 0 Å². The van der Waals surface area contributed by atoms with Gasteiger partial charge in [0.25, 0.3) is 0 Å². The van der Waals surface area contributed by atoms with Crippen LogP contribution in [0, 0.1) is 0 Å². The largest absolute Gasteiger partial charge is 0.481 e. The van der Waals surface area contributed by atoms with E-state index in [1.165, 1.54) is 0 Å². The monoisotopic (exact) mass is 2470 g/mol. The third-order valence-corrected chi connectivity index (χ3v) is 8.64. The number of rotatable bonds is 33. The van der Waals surface area contributed by atoms with Crippen LogP contribution in [-0.4, -0.2) is 280 Å². The van der Waals surface area contributed by atoms with E-state index in [0.29, 0.717) is 9.80 Å². The summed E-state index contributed by atoms with van der Waals surface area (Å²) >= 11 is 21.6. The molecule has 0 amide bonds. The van der Waals surface area contributed by atoms with Gasteiger partial charge in [0, 0.05) is 438 Å². The van der Waals surface area contributed by atoms with Gasteiger partial charge in [-0.05, 0) is 52.8 Å². The molecule has 43 nitrogen and oxygen atoms in total. The van der Waals surface area contributed by atoms with Gasteiger partial charge in [-0.3, -0.25) is 72.4 Å². The third kappa shape index (κ3) is 78.6. The molecule has 99 heavy (non-hydrogen) atoms. The molecular weight excluding hydrogens is 2420 g/mol. The molecule has 60 heteroatoms. The van der Waals surface area contributed by atoms with Crippen LogP contribution in [-0.2, 0) is 497 Å². The number of carboxylic acids is 13. The first-order chi connectivity index (χ1) is 39.8. The molecule has 3 heterocycles. The molecule has 3 aromatic heterocycles. The molecule has 0 aliphatic rings. The molecule has 0 spiro atoms. The van der Waals surface area contributed by atoms with Gasteiger partial charge >= 0.3 is 83.6 Å². The molecule has 0 atom stereocenters. The van der Waals surface area contributed by atoms with Crippen molar-refractivity contribution in [2.45, 2.75) is 19.3 Å². The van der Waals surface area contributed by atoms with E-state index in [1.54, 1.807) is 0 Å². The van der Waals surface area contributed by atoms with Crippen LogP contribution in [0.5, 0.6) is 0 Å². The van der Waals surface area contributed by atoms with E-state index in [9.17, 15) is 67.1 Å². The molecule has 513 valence electrons. The maximum Gasteiger partial charge on any atom is 0.325 e. The summed E-state index contributed by atoms with van der Waals surface area (Å²) in [6.07, 6.45) is 0.0866. The Kier molecular flexibility index (Phi) is 112. The predicted molar refractivity (Wildman–Crippen MR) is 279 cm³/mol. The number of anilines is 5. The molecule has 0 saturated heterocycles. The van der Waals surface area contributed by atoms with E-state index < -0.39 is 184 Å². The SMILES string of the molecule is COC(=O)CN(CC(=O)O)c1nc(N(CC(=O)O)CC(=O)O)nc(N(CC(=O)O)CC(=O)O)n1.Clc1nc(Cl)nc(Cl)n1.O=C(O)CCCC(=O)O.O=C(O)CN(CC(=O)O)c1nc(Cl)nc(N(CC(=O)O)CC(=O)O)n1.O=C(O)CNCC(=O)O.[Y].[Y].[Y].[Y].[Y].[Y].[Y].[Y].[Y].[Y].[Y].[Y].[Y]. The summed E-state index contributed by atoms with van der Waals surface area (Å²) in [7, 11) is 1.01. The molecule has 0 aliphatic carbocycles. The van der Waals surface area contributed by atoms with Crippen LogP contribution in [0.1, 0.15) is 19.3 Å². The Morgan fingerprint density at radius 1 is 0.283 bits per heavy atom. The first-order valence-electron chi connectivity index (χ1n) is 22.1. The molecule has 0 aliphatic heterocycles. The predicted octanol–water partition coefficient (Wildman–Crippen LogP) is -3.77. The van der Waals surface area contributed by atoms with E-state index in [1.807, 2.05) is 0 Å². The Morgan fingerprint density at radius 3 is 0.616 bits per heavy atom. The van der Waals surface area contributed by atoms with Crippen LogP contribution in [0.4, 0.5) is 29.7 Å². The number of aromatic nitrogens is 9. The van der Waals surface area contributed by atoms with Gasteiger partial charge in [-0.15, -0.1) is 0 Å². The summed E-state index contributed by atoms with van der Waals surface area (Å²) in [5.74, 6) is -20.8. The zero-order chi connectivity index (χ0) is 66.6. The van der Waals surface area contributed by atoms with Crippen LogP contribution >= 0.6 is 46.4 Å². The summed E-state index contributed by atoms with van der Waals surface area (Å²) < 4.78 is 4.47. The molecule has 0 fully saturated rings. The van der Waals surface area contributed by atoms with Crippen molar-refractivity contribution in [3.05, 3.63) is 21.1 Å². The number of ether oxygens (including phenoxy) is 1. The van der Waals surface area contributed by atoms with Gasteiger partial charge in [-0.25, -0.2) is 0 Å². The van der Waals surface area contributed by atoms with Crippen LogP contribution in [0.25, 0.3) is 0 Å². The van der Waals surface area contributed by atoms with E-state index >= 15 is 0 Å². The number of carboxylic acid groups (broad SMARTS) is 13. The fourth-order valence-corrected chi connectivity index (χ4v) is 5.79. The van der Waals surface area contributed by atoms with Gasteiger partial charge in [0.05, 0.1) is 20.2 Å². The Balaban J connectivity index is -0.0000000736. The standard InChI is InChI=1S/C16H20N6O12.C11H12ClN5O8.C5H8O4.C4H7NO4.C3Cl3N3.13Y/c1-34-13(33)7-22(6-12(31)32)16-18-14(20(2-8(23)24)3-9(25)26)17-15(19-16)21(4-10(27)28)5-11(29)30;12-9-13-10(16(1-5(18)19)2-6(20)21)15-11(14-9)17(3-7(22)23)4-8(24)25;6-4(7)2-1-3-5(8)9;6-3(7)1-5-2-4(8)9;4-1-7-2(5)9-3(6)8-1;;;;;;;;;;;;;/h2-7H2,1H3,(H,23,24)(H,25,26)(H,27,28)(H,29,30)(H,31,32);1-4H2,(H,18,19)(H,20,21)(H,22,23)(H,24,25);1-3H2,(H,6,7)(H,8,9);5H,1-2H2,(H,6,7)(H,8,9);;;;;;;;;;;;;;. The Labute approximate surface area is 905 Å². The number of carbonyl (C=O) groups excluding carboxylic acids is 1. The third-order valence-electron chi connectivity index (χ3n) is 7.97. The molecule has 14 N–H and O–H groups in total.